The minimum Gasteiger partial charge on any atom is -0.331 e. The van der Waals surface area contributed by atoms with Crippen LogP contribution in [0.5, 0.6) is 0 Å². The summed E-state index contributed by atoms with van der Waals surface area (Å²) in [6.07, 6.45) is 0. The lowest BCUT2D eigenvalue weighted by Gasteiger charge is -2.12. The minimum absolute atomic E-state index is 0.135. The van der Waals surface area contributed by atoms with Gasteiger partial charge >= 0.3 is 0 Å². The molecule has 0 radical (unpaired) electrons. The van der Waals surface area contributed by atoms with E-state index >= 15 is 0 Å². The summed E-state index contributed by atoms with van der Waals surface area (Å²) in [5, 5.41) is 3.93. The maximum Gasteiger partial charge on any atom is 0.248 e. The summed E-state index contributed by atoms with van der Waals surface area (Å²) in [5.41, 5.74) is 9.49. The van der Waals surface area contributed by atoms with Crippen molar-refractivity contribution in [2.75, 3.05) is 11.1 Å². The molecule has 0 aliphatic heterocycles. The van der Waals surface area contributed by atoms with E-state index in [9.17, 15) is 4.79 Å². The highest BCUT2D eigenvalue weighted by Gasteiger charge is 2.05. The number of hydrogen-bond acceptors (Lipinski definition) is 3. The van der Waals surface area contributed by atoms with Crippen molar-refractivity contribution in [1.29, 1.82) is 0 Å². The fraction of sp³-hybridized carbons (Fsp3) is 0.222. The largest absolute Gasteiger partial charge is 0.331 e. The van der Waals surface area contributed by atoms with Crippen LogP contribution in [0.2, 0.25) is 5.02 Å². The van der Waals surface area contributed by atoms with Gasteiger partial charge in [-0.05, 0) is 54.9 Å². The maximum atomic E-state index is 11.9. The average Bonchev–Trinajstić information content (AvgIpc) is 2.58. The zero-order valence-electron chi connectivity index (χ0n) is 14.1. The average molecular weight is 394 g/mol. The summed E-state index contributed by atoms with van der Waals surface area (Å²) in [6, 6.07) is 13.7. The molecule has 0 heterocycles. The Balaban J connectivity index is 1.69. The van der Waals surface area contributed by atoms with Gasteiger partial charge in [0.2, 0.25) is 5.91 Å². The van der Waals surface area contributed by atoms with E-state index in [0.29, 0.717) is 15.9 Å². The second-order valence-electron chi connectivity index (χ2n) is 5.51. The number of carbonyl (C=O) groups excluding carboxylic acids is 1. The van der Waals surface area contributed by atoms with Crippen molar-refractivity contribution in [3.05, 3.63) is 64.2 Å². The van der Waals surface area contributed by atoms with E-state index in [-0.39, 0.29) is 5.91 Å². The Hall–Kier alpha value is -1.76. The Bertz CT molecular complexity index is 768. The molecule has 0 saturated heterocycles. The van der Waals surface area contributed by atoms with Crippen molar-refractivity contribution in [3.8, 4) is 0 Å². The van der Waals surface area contributed by atoms with Gasteiger partial charge in [0, 0.05) is 16.5 Å². The normalized spacial score (nSPS) is 10.2. The summed E-state index contributed by atoms with van der Waals surface area (Å²) in [7, 11) is 0. The van der Waals surface area contributed by atoms with Crippen molar-refractivity contribution < 1.29 is 4.79 Å². The molecule has 0 fully saturated rings. The highest BCUT2D eigenvalue weighted by atomic mass is 35.5. The second-order valence-corrected chi connectivity index (χ2v) is 7.31. The molecule has 0 aromatic heterocycles. The van der Waals surface area contributed by atoms with E-state index in [1.165, 1.54) is 11.1 Å². The number of hydrazine groups is 1. The van der Waals surface area contributed by atoms with Gasteiger partial charge in [-0.2, -0.15) is 0 Å². The summed E-state index contributed by atoms with van der Waals surface area (Å²) < 4.78 is 0. The van der Waals surface area contributed by atoms with E-state index in [1.807, 2.05) is 31.2 Å². The summed E-state index contributed by atoms with van der Waals surface area (Å²) in [5.74, 6) is 1.01. The van der Waals surface area contributed by atoms with Crippen LogP contribution in [0, 0.1) is 13.8 Å². The van der Waals surface area contributed by atoms with E-state index in [1.54, 1.807) is 17.8 Å². The van der Waals surface area contributed by atoms with Gasteiger partial charge in [-0.3, -0.25) is 15.6 Å². The zero-order chi connectivity index (χ0) is 18.2. The van der Waals surface area contributed by atoms with Crippen molar-refractivity contribution in [3.63, 3.8) is 0 Å². The van der Waals surface area contributed by atoms with Gasteiger partial charge in [-0.25, -0.2) is 0 Å². The van der Waals surface area contributed by atoms with Crippen LogP contribution in [-0.4, -0.2) is 16.8 Å². The van der Waals surface area contributed by atoms with Gasteiger partial charge < -0.3 is 5.32 Å². The van der Waals surface area contributed by atoms with Gasteiger partial charge in [0.25, 0.3) is 0 Å². The zero-order valence-corrected chi connectivity index (χ0v) is 16.4. The van der Waals surface area contributed by atoms with Crippen LogP contribution >= 0.6 is 35.6 Å². The van der Waals surface area contributed by atoms with Crippen LogP contribution in [0.15, 0.2) is 42.5 Å². The molecular weight excluding hydrogens is 374 g/mol. The molecule has 1 amide bonds. The Morgan fingerprint density at radius 2 is 1.88 bits per heavy atom. The molecular formula is C18H20ClN3OS2. The van der Waals surface area contributed by atoms with Crippen molar-refractivity contribution >= 4 is 52.3 Å². The highest BCUT2D eigenvalue weighted by Crippen LogP contribution is 2.19. The van der Waals surface area contributed by atoms with E-state index in [4.69, 9.17) is 23.8 Å². The smallest absolute Gasteiger partial charge is 0.248 e. The number of nitrogens with one attached hydrogen (secondary N) is 3. The van der Waals surface area contributed by atoms with E-state index < -0.39 is 0 Å². The topological polar surface area (TPSA) is 53.2 Å². The fourth-order valence-corrected chi connectivity index (χ4v) is 3.27. The third kappa shape index (κ3) is 6.57. The molecule has 0 unspecified atom stereocenters. The molecule has 2 aromatic rings. The van der Waals surface area contributed by atoms with Gasteiger partial charge in [0.1, 0.15) is 0 Å². The number of hydrogen-bond donors (Lipinski definition) is 3. The van der Waals surface area contributed by atoms with Gasteiger partial charge in [-0.1, -0.05) is 41.9 Å². The van der Waals surface area contributed by atoms with Crippen LogP contribution in [0.4, 0.5) is 5.69 Å². The Labute approximate surface area is 162 Å². The highest BCUT2D eigenvalue weighted by molar-refractivity contribution is 7.99. The molecule has 7 heteroatoms. The molecule has 0 saturated carbocycles. The second kappa shape index (κ2) is 9.65. The van der Waals surface area contributed by atoms with Gasteiger partial charge in [-0.15, -0.1) is 11.8 Å². The number of thiocarbonyl (C=S) groups is 1. The first kappa shape index (κ1) is 19.6. The standard InChI is InChI=1S/C18H20ClN3OS2/c1-12-5-3-4-6-14(12)10-25-11-17(23)21-22-18(24)20-15-8-7-13(2)16(19)9-15/h3-9H,10-11H2,1-2H3,(H,21,23)(H2,20,22,24). The maximum absolute atomic E-state index is 11.9. The van der Waals surface area contributed by atoms with E-state index in [2.05, 4.69) is 35.2 Å². The fourth-order valence-electron chi connectivity index (χ4n) is 2.02. The first-order chi connectivity index (χ1) is 12.0. The van der Waals surface area contributed by atoms with Crippen LogP contribution in [0.25, 0.3) is 0 Å². The van der Waals surface area contributed by atoms with Crippen LogP contribution in [0.1, 0.15) is 16.7 Å². The number of thioether (sulfide) groups is 1. The summed E-state index contributed by atoms with van der Waals surface area (Å²) >= 11 is 12.8. The SMILES string of the molecule is Cc1ccc(NC(=S)NNC(=O)CSCc2ccccc2C)cc1Cl. The molecule has 0 aliphatic rings. The number of aryl methyl sites for hydroxylation is 2. The van der Waals surface area contributed by atoms with Crippen LogP contribution in [-0.2, 0) is 10.5 Å². The monoisotopic (exact) mass is 393 g/mol. The van der Waals surface area contributed by atoms with Gasteiger partial charge in [0.15, 0.2) is 5.11 Å². The number of carbonyl (C=O) groups is 1. The number of halogens is 1. The predicted molar refractivity (Wildman–Crippen MR) is 111 cm³/mol. The molecule has 3 N–H and O–H groups in total. The lowest BCUT2D eigenvalue weighted by Crippen LogP contribution is -2.44. The molecule has 4 nitrogen and oxygen atoms in total. The molecule has 2 aromatic carbocycles. The van der Waals surface area contributed by atoms with Gasteiger partial charge in [0.05, 0.1) is 5.75 Å². The van der Waals surface area contributed by atoms with Crippen LogP contribution in [0.3, 0.4) is 0 Å². The number of anilines is 1. The van der Waals surface area contributed by atoms with Crippen LogP contribution < -0.4 is 16.2 Å². The Morgan fingerprint density at radius 3 is 2.60 bits per heavy atom. The molecule has 132 valence electrons. The van der Waals surface area contributed by atoms with Crippen molar-refractivity contribution in [2.24, 2.45) is 0 Å². The van der Waals surface area contributed by atoms with Crippen molar-refractivity contribution in [2.45, 2.75) is 19.6 Å². The molecule has 0 bridgehead atoms. The molecule has 2 rings (SSSR count). The molecule has 0 spiro atoms. The van der Waals surface area contributed by atoms with Crippen molar-refractivity contribution in [1.82, 2.24) is 10.9 Å². The summed E-state index contributed by atoms with van der Waals surface area (Å²) in [6.45, 7) is 4.00. The third-order valence-corrected chi connectivity index (χ3v) is 5.09. The molecule has 0 aliphatic carbocycles. The Morgan fingerprint density at radius 1 is 1.12 bits per heavy atom. The molecule has 25 heavy (non-hydrogen) atoms. The number of rotatable bonds is 5. The lowest BCUT2D eigenvalue weighted by molar-refractivity contribution is -0.119. The lowest BCUT2D eigenvalue weighted by atomic mass is 10.1. The third-order valence-electron chi connectivity index (χ3n) is 3.50. The Kier molecular flexibility index (Phi) is 7.55. The quantitative estimate of drug-likeness (QED) is 0.524. The number of benzene rings is 2. The number of amides is 1. The molecule has 0 atom stereocenters. The summed E-state index contributed by atoms with van der Waals surface area (Å²) in [4.78, 5) is 11.9. The predicted octanol–water partition coefficient (Wildman–Crippen LogP) is 4.21. The first-order valence-electron chi connectivity index (χ1n) is 7.70. The minimum atomic E-state index is -0.135. The van der Waals surface area contributed by atoms with E-state index in [0.717, 1.165) is 17.0 Å². The first-order valence-corrected chi connectivity index (χ1v) is 9.64.